The van der Waals surface area contributed by atoms with Crippen LogP contribution in [0.25, 0.3) is 0 Å². The second-order valence-electron chi connectivity index (χ2n) is 7.56. The highest BCUT2D eigenvalue weighted by atomic mass is 32.2. The zero-order valence-corrected chi connectivity index (χ0v) is 19.2. The minimum Gasteiger partial charge on any atom is -0.496 e. The number of rotatable bonds is 7. The smallest absolute Gasteiger partial charge is 0.261 e. The van der Waals surface area contributed by atoms with Crippen molar-refractivity contribution in [3.8, 4) is 5.75 Å². The van der Waals surface area contributed by atoms with E-state index in [-0.39, 0.29) is 16.8 Å². The van der Waals surface area contributed by atoms with E-state index in [1.807, 2.05) is 30.3 Å². The lowest BCUT2D eigenvalue weighted by Crippen LogP contribution is -2.26. The molecule has 8 heteroatoms. The summed E-state index contributed by atoms with van der Waals surface area (Å²) in [6.45, 7) is 1.79. The molecule has 0 saturated carbocycles. The van der Waals surface area contributed by atoms with Gasteiger partial charge in [0, 0.05) is 24.0 Å². The molecule has 4 rings (SSSR count). The van der Waals surface area contributed by atoms with Gasteiger partial charge in [0.1, 0.15) is 5.75 Å². The molecule has 7 nitrogen and oxygen atoms in total. The van der Waals surface area contributed by atoms with Crippen molar-refractivity contribution in [2.75, 3.05) is 11.8 Å². The third kappa shape index (κ3) is 4.61. The van der Waals surface area contributed by atoms with E-state index >= 15 is 0 Å². The Morgan fingerprint density at radius 1 is 1.03 bits per heavy atom. The number of methoxy groups -OCH3 is 1. The first-order valence-corrected chi connectivity index (χ1v) is 12.1. The normalized spacial score (nSPS) is 15.8. The average Bonchev–Trinajstić information content (AvgIpc) is 3.29. The highest BCUT2D eigenvalue weighted by molar-refractivity contribution is 7.92. The summed E-state index contributed by atoms with van der Waals surface area (Å²) in [5, 5.41) is 6.12. The van der Waals surface area contributed by atoms with Gasteiger partial charge in [-0.3, -0.25) is 9.52 Å². The number of ether oxygens (including phenoxy) is 1. The van der Waals surface area contributed by atoms with Crippen LogP contribution in [0.1, 0.15) is 36.9 Å². The Morgan fingerprint density at radius 2 is 1.70 bits per heavy atom. The van der Waals surface area contributed by atoms with E-state index in [4.69, 9.17) is 4.74 Å². The SMILES string of the molecule is CCC(=O)N1N=C(c2ccccc2NS(=O)(=O)c2ccccc2)C[C@H]1c1ccccc1OC. The summed E-state index contributed by atoms with van der Waals surface area (Å²) in [5.41, 5.74) is 2.51. The largest absolute Gasteiger partial charge is 0.496 e. The molecular weight excluding hydrogens is 438 g/mol. The Hall–Kier alpha value is -3.65. The van der Waals surface area contributed by atoms with Gasteiger partial charge in [-0.2, -0.15) is 5.10 Å². The van der Waals surface area contributed by atoms with Gasteiger partial charge in [0.25, 0.3) is 10.0 Å². The van der Waals surface area contributed by atoms with E-state index in [0.29, 0.717) is 35.6 Å². The van der Waals surface area contributed by atoms with Crippen LogP contribution < -0.4 is 9.46 Å². The number of nitrogens with one attached hydrogen (secondary N) is 1. The number of sulfonamides is 1. The van der Waals surface area contributed by atoms with Crippen molar-refractivity contribution in [2.24, 2.45) is 5.10 Å². The molecule has 1 aliphatic heterocycles. The number of nitrogens with zero attached hydrogens (tertiary/aromatic N) is 2. The molecule has 1 atom stereocenters. The number of amides is 1. The number of hydrogen-bond donors (Lipinski definition) is 1. The Kier molecular flexibility index (Phi) is 6.46. The molecule has 0 radical (unpaired) electrons. The molecule has 0 unspecified atom stereocenters. The van der Waals surface area contributed by atoms with Crippen LogP contribution in [0.5, 0.6) is 5.75 Å². The highest BCUT2D eigenvalue weighted by Gasteiger charge is 2.35. The number of hydrogen-bond acceptors (Lipinski definition) is 5. The molecular formula is C25H25N3O4S. The molecule has 0 spiro atoms. The number of carbonyl (C=O) groups is 1. The fourth-order valence-electron chi connectivity index (χ4n) is 3.88. The molecule has 3 aromatic rings. The maximum atomic E-state index is 12.9. The number of carbonyl (C=O) groups excluding carboxylic acids is 1. The molecule has 1 heterocycles. The second kappa shape index (κ2) is 9.46. The van der Waals surface area contributed by atoms with Crippen molar-refractivity contribution < 1.29 is 17.9 Å². The number of para-hydroxylation sites is 2. The first kappa shape index (κ1) is 22.5. The van der Waals surface area contributed by atoms with Crippen molar-refractivity contribution in [3.05, 3.63) is 90.0 Å². The summed E-state index contributed by atoms with van der Waals surface area (Å²) >= 11 is 0. The Bertz CT molecular complexity index is 1290. The highest BCUT2D eigenvalue weighted by Crippen LogP contribution is 2.38. The second-order valence-corrected chi connectivity index (χ2v) is 9.25. The van der Waals surface area contributed by atoms with Gasteiger partial charge in [0.05, 0.1) is 29.4 Å². The van der Waals surface area contributed by atoms with E-state index in [0.717, 1.165) is 5.56 Å². The topological polar surface area (TPSA) is 88.1 Å². The first-order valence-electron chi connectivity index (χ1n) is 10.6. The molecule has 0 fully saturated rings. The molecule has 170 valence electrons. The minimum atomic E-state index is -3.78. The fraction of sp³-hybridized carbons (Fsp3) is 0.200. The zero-order valence-electron chi connectivity index (χ0n) is 18.4. The van der Waals surface area contributed by atoms with E-state index in [1.165, 1.54) is 17.1 Å². The Labute approximate surface area is 193 Å². The van der Waals surface area contributed by atoms with E-state index in [9.17, 15) is 13.2 Å². The maximum Gasteiger partial charge on any atom is 0.261 e. The van der Waals surface area contributed by atoms with E-state index in [1.54, 1.807) is 50.4 Å². The zero-order chi connectivity index (χ0) is 23.4. The molecule has 1 amide bonds. The van der Waals surface area contributed by atoms with Gasteiger partial charge in [-0.05, 0) is 24.3 Å². The van der Waals surface area contributed by atoms with Gasteiger partial charge in [0.2, 0.25) is 5.91 Å². The van der Waals surface area contributed by atoms with Gasteiger partial charge >= 0.3 is 0 Å². The molecule has 0 aliphatic carbocycles. The third-order valence-corrected chi connectivity index (χ3v) is 6.88. The summed E-state index contributed by atoms with van der Waals surface area (Å²) in [6.07, 6.45) is 0.723. The van der Waals surface area contributed by atoms with Gasteiger partial charge in [-0.15, -0.1) is 0 Å². The van der Waals surface area contributed by atoms with Crippen LogP contribution >= 0.6 is 0 Å². The lowest BCUT2D eigenvalue weighted by molar-refractivity contribution is -0.132. The lowest BCUT2D eigenvalue weighted by atomic mass is 9.97. The maximum absolute atomic E-state index is 12.9. The van der Waals surface area contributed by atoms with Crippen LogP contribution in [0.15, 0.2) is 88.9 Å². The van der Waals surface area contributed by atoms with Crippen LogP contribution in [-0.4, -0.2) is 32.2 Å². The van der Waals surface area contributed by atoms with Crippen molar-refractivity contribution in [1.82, 2.24) is 5.01 Å². The Morgan fingerprint density at radius 3 is 2.42 bits per heavy atom. The van der Waals surface area contributed by atoms with Crippen LogP contribution in [-0.2, 0) is 14.8 Å². The summed E-state index contributed by atoms with van der Waals surface area (Å²) in [5.74, 6) is 0.550. The Balaban J connectivity index is 1.72. The van der Waals surface area contributed by atoms with E-state index < -0.39 is 10.0 Å². The third-order valence-electron chi connectivity index (χ3n) is 5.50. The number of anilines is 1. The standard InChI is InChI=1S/C25H25N3O4S/c1-3-25(29)28-23(20-14-8-10-16-24(20)32-2)17-22(26-28)19-13-7-9-15-21(19)27-33(30,31)18-11-5-4-6-12-18/h4-16,23,27H,3,17H2,1-2H3/t23-/m0/s1. The van der Waals surface area contributed by atoms with Gasteiger partial charge < -0.3 is 4.74 Å². The lowest BCUT2D eigenvalue weighted by Gasteiger charge is -2.23. The molecule has 1 N–H and O–H groups in total. The van der Waals surface area contributed by atoms with E-state index in [2.05, 4.69) is 9.82 Å². The molecule has 0 bridgehead atoms. The quantitative estimate of drug-likeness (QED) is 0.555. The van der Waals surface area contributed by atoms with Crippen LogP contribution in [0.2, 0.25) is 0 Å². The molecule has 1 aliphatic rings. The van der Waals surface area contributed by atoms with Crippen LogP contribution in [0, 0.1) is 0 Å². The predicted molar refractivity (Wildman–Crippen MR) is 128 cm³/mol. The van der Waals surface area contributed by atoms with Crippen molar-refractivity contribution in [3.63, 3.8) is 0 Å². The summed E-state index contributed by atoms with van der Waals surface area (Å²) in [6, 6.07) is 22.5. The van der Waals surface area contributed by atoms with Gasteiger partial charge in [-0.25, -0.2) is 13.4 Å². The molecule has 33 heavy (non-hydrogen) atoms. The van der Waals surface area contributed by atoms with Crippen LogP contribution in [0.4, 0.5) is 5.69 Å². The van der Waals surface area contributed by atoms with Gasteiger partial charge in [0.15, 0.2) is 0 Å². The average molecular weight is 464 g/mol. The van der Waals surface area contributed by atoms with Crippen molar-refractivity contribution in [1.29, 1.82) is 0 Å². The monoisotopic (exact) mass is 463 g/mol. The number of benzene rings is 3. The summed E-state index contributed by atoms with van der Waals surface area (Å²) in [4.78, 5) is 12.9. The molecule has 3 aromatic carbocycles. The molecule has 0 aromatic heterocycles. The minimum absolute atomic E-state index is 0.122. The van der Waals surface area contributed by atoms with Crippen molar-refractivity contribution >= 4 is 27.3 Å². The number of hydrazone groups is 1. The van der Waals surface area contributed by atoms with Crippen LogP contribution in [0.3, 0.4) is 0 Å². The van der Waals surface area contributed by atoms with Crippen molar-refractivity contribution in [2.45, 2.75) is 30.7 Å². The summed E-state index contributed by atoms with van der Waals surface area (Å²) < 4.78 is 34.0. The fourth-order valence-corrected chi connectivity index (χ4v) is 4.98. The van der Waals surface area contributed by atoms with Gasteiger partial charge in [-0.1, -0.05) is 61.5 Å². The first-order chi connectivity index (χ1) is 15.9. The summed E-state index contributed by atoms with van der Waals surface area (Å²) in [7, 11) is -2.19. The molecule has 0 saturated heterocycles. The predicted octanol–water partition coefficient (Wildman–Crippen LogP) is 4.58.